The third-order valence-corrected chi connectivity index (χ3v) is 2.58. The maximum absolute atomic E-state index is 12.2. The fourth-order valence-corrected chi connectivity index (χ4v) is 1.74. The number of carbonyl (C=O) groups excluding carboxylic acids is 2. The van der Waals surface area contributed by atoms with Crippen molar-refractivity contribution in [1.82, 2.24) is 0 Å². The van der Waals surface area contributed by atoms with Crippen LogP contribution in [0.1, 0.15) is 60.9 Å². The Morgan fingerprint density at radius 2 is 1.67 bits per heavy atom. The summed E-state index contributed by atoms with van der Waals surface area (Å²) in [6.45, 7) is 10.6. The first-order valence-electron chi connectivity index (χ1n) is 6.85. The van der Waals surface area contributed by atoms with Crippen molar-refractivity contribution in [2.75, 3.05) is 5.73 Å². The molecule has 0 atom stereocenters. The number of carbonyl (C=O) groups is 2. The topological polar surface area (TPSA) is 78.6 Å². The highest BCUT2D eigenvalue weighted by atomic mass is 16.6. The summed E-state index contributed by atoms with van der Waals surface area (Å²) in [5, 5.41) is 0. The lowest BCUT2D eigenvalue weighted by molar-refractivity contribution is 0.00688. The van der Waals surface area contributed by atoms with Crippen LogP contribution in [0.5, 0.6) is 0 Å². The predicted octanol–water partition coefficient (Wildman–Crippen LogP) is 3.10. The fourth-order valence-electron chi connectivity index (χ4n) is 1.74. The van der Waals surface area contributed by atoms with E-state index in [9.17, 15) is 9.59 Å². The van der Waals surface area contributed by atoms with Crippen molar-refractivity contribution in [3.05, 3.63) is 28.8 Å². The van der Waals surface area contributed by atoms with Gasteiger partial charge in [-0.05, 0) is 59.2 Å². The maximum Gasteiger partial charge on any atom is 0.340 e. The van der Waals surface area contributed by atoms with E-state index in [-0.39, 0.29) is 17.4 Å². The van der Waals surface area contributed by atoms with E-state index in [0.29, 0.717) is 11.1 Å². The van der Waals surface area contributed by atoms with Crippen LogP contribution >= 0.6 is 0 Å². The Bertz CT molecular complexity index is 556. The second-order valence-corrected chi connectivity index (χ2v) is 6.21. The van der Waals surface area contributed by atoms with E-state index >= 15 is 0 Å². The highest BCUT2D eigenvalue weighted by Gasteiger charge is 2.22. The number of hydrogen-bond donors (Lipinski definition) is 1. The first-order chi connectivity index (χ1) is 9.51. The summed E-state index contributed by atoms with van der Waals surface area (Å²) in [7, 11) is 0. The molecule has 116 valence electrons. The molecular weight excluding hydrogens is 270 g/mol. The molecule has 0 aromatic heterocycles. The minimum Gasteiger partial charge on any atom is -0.459 e. The average Bonchev–Trinajstić information content (AvgIpc) is 2.24. The number of ether oxygens (including phenoxy) is 2. The van der Waals surface area contributed by atoms with Crippen LogP contribution in [0.25, 0.3) is 0 Å². The van der Waals surface area contributed by atoms with Crippen molar-refractivity contribution in [3.8, 4) is 0 Å². The summed E-state index contributed by atoms with van der Waals surface area (Å²) in [6.07, 6.45) is -0.261. The van der Waals surface area contributed by atoms with Gasteiger partial charge in [-0.3, -0.25) is 0 Å². The van der Waals surface area contributed by atoms with Gasteiger partial charge in [0.15, 0.2) is 0 Å². The van der Waals surface area contributed by atoms with Gasteiger partial charge in [0.05, 0.1) is 17.2 Å². The molecule has 0 aliphatic carbocycles. The number of nitrogen functional groups attached to an aromatic ring is 1. The normalized spacial score (nSPS) is 11.4. The van der Waals surface area contributed by atoms with Crippen LogP contribution in [-0.2, 0) is 9.47 Å². The molecule has 5 nitrogen and oxygen atoms in total. The lowest BCUT2D eigenvalue weighted by atomic mass is 10.0. The highest BCUT2D eigenvalue weighted by molar-refractivity contribution is 6.00. The van der Waals surface area contributed by atoms with Crippen LogP contribution in [0, 0.1) is 6.92 Å². The molecule has 0 unspecified atom stereocenters. The van der Waals surface area contributed by atoms with E-state index < -0.39 is 17.5 Å². The minimum atomic E-state index is -0.608. The molecule has 0 saturated heterocycles. The Hall–Kier alpha value is -2.04. The molecule has 1 aromatic rings. The molecule has 0 spiro atoms. The highest BCUT2D eigenvalue weighted by Crippen LogP contribution is 2.22. The molecule has 5 heteroatoms. The molecule has 0 fully saturated rings. The van der Waals surface area contributed by atoms with E-state index in [1.807, 2.05) is 0 Å². The molecule has 2 N–H and O–H groups in total. The SMILES string of the molecule is Cc1cc(N)c(C(=O)OC(C)C)cc1C(=O)OC(C)(C)C. The second kappa shape index (κ2) is 6.16. The number of aryl methyl sites for hydroxylation is 1. The Morgan fingerprint density at radius 1 is 1.10 bits per heavy atom. The number of esters is 2. The largest absolute Gasteiger partial charge is 0.459 e. The van der Waals surface area contributed by atoms with Crippen LogP contribution in [0.3, 0.4) is 0 Å². The van der Waals surface area contributed by atoms with Gasteiger partial charge < -0.3 is 15.2 Å². The molecule has 0 bridgehead atoms. The summed E-state index contributed by atoms with van der Waals surface area (Å²) in [6, 6.07) is 3.01. The molecule has 0 aliphatic heterocycles. The number of benzene rings is 1. The zero-order chi connectivity index (χ0) is 16.4. The molecule has 0 radical (unpaired) electrons. The molecule has 21 heavy (non-hydrogen) atoms. The fraction of sp³-hybridized carbons (Fsp3) is 0.500. The molecule has 0 aliphatic rings. The van der Waals surface area contributed by atoms with E-state index in [1.54, 1.807) is 47.6 Å². The van der Waals surface area contributed by atoms with Gasteiger partial charge in [0.2, 0.25) is 0 Å². The first-order valence-corrected chi connectivity index (χ1v) is 6.85. The summed E-state index contributed by atoms with van der Waals surface area (Å²) >= 11 is 0. The van der Waals surface area contributed by atoms with E-state index in [2.05, 4.69) is 0 Å². The monoisotopic (exact) mass is 293 g/mol. The molecule has 1 aromatic carbocycles. The minimum absolute atomic E-state index is 0.176. The van der Waals surface area contributed by atoms with Crippen LogP contribution in [0.15, 0.2) is 12.1 Å². The van der Waals surface area contributed by atoms with Gasteiger partial charge in [-0.2, -0.15) is 0 Å². The maximum atomic E-state index is 12.2. The predicted molar refractivity (Wildman–Crippen MR) is 81.3 cm³/mol. The van der Waals surface area contributed by atoms with Crippen molar-refractivity contribution in [2.24, 2.45) is 0 Å². The van der Waals surface area contributed by atoms with E-state index in [4.69, 9.17) is 15.2 Å². The average molecular weight is 293 g/mol. The standard InChI is InChI=1S/C16H23NO4/c1-9(2)20-14(18)12-8-11(10(3)7-13(12)17)15(19)21-16(4,5)6/h7-9H,17H2,1-6H3. The van der Waals surface area contributed by atoms with Crippen molar-refractivity contribution in [2.45, 2.75) is 53.2 Å². The Balaban J connectivity index is 3.18. The summed E-state index contributed by atoms with van der Waals surface area (Å²) in [5.41, 5.74) is 6.66. The zero-order valence-electron chi connectivity index (χ0n) is 13.4. The van der Waals surface area contributed by atoms with Crippen LogP contribution < -0.4 is 5.73 Å². The number of hydrogen-bond acceptors (Lipinski definition) is 5. The van der Waals surface area contributed by atoms with Gasteiger partial charge in [0, 0.05) is 5.69 Å². The van der Waals surface area contributed by atoms with Crippen LogP contribution in [0.2, 0.25) is 0 Å². The van der Waals surface area contributed by atoms with Crippen molar-refractivity contribution >= 4 is 17.6 Å². The van der Waals surface area contributed by atoms with Gasteiger partial charge in [-0.1, -0.05) is 0 Å². The van der Waals surface area contributed by atoms with E-state index in [1.165, 1.54) is 6.07 Å². The summed E-state index contributed by atoms with van der Waals surface area (Å²) in [4.78, 5) is 24.2. The number of anilines is 1. The van der Waals surface area contributed by atoms with Crippen LogP contribution in [-0.4, -0.2) is 23.6 Å². The smallest absolute Gasteiger partial charge is 0.340 e. The van der Waals surface area contributed by atoms with Gasteiger partial charge in [-0.25, -0.2) is 9.59 Å². The van der Waals surface area contributed by atoms with Crippen molar-refractivity contribution < 1.29 is 19.1 Å². The van der Waals surface area contributed by atoms with Crippen molar-refractivity contribution in [3.63, 3.8) is 0 Å². The molecule has 0 heterocycles. The van der Waals surface area contributed by atoms with E-state index in [0.717, 1.165) is 0 Å². The first kappa shape index (κ1) is 17.0. The molecule has 0 amide bonds. The van der Waals surface area contributed by atoms with Crippen LogP contribution in [0.4, 0.5) is 5.69 Å². The lowest BCUT2D eigenvalue weighted by Crippen LogP contribution is -2.25. The third kappa shape index (κ3) is 4.77. The Labute approximate surface area is 125 Å². The molecule has 1 rings (SSSR count). The third-order valence-electron chi connectivity index (χ3n) is 2.58. The second-order valence-electron chi connectivity index (χ2n) is 6.21. The molecule has 0 saturated carbocycles. The summed E-state index contributed by atoms with van der Waals surface area (Å²) in [5.74, 6) is -1.04. The van der Waals surface area contributed by atoms with Gasteiger partial charge in [0.25, 0.3) is 0 Å². The Kier molecular flexibility index (Phi) is 4.99. The van der Waals surface area contributed by atoms with Crippen molar-refractivity contribution in [1.29, 1.82) is 0 Å². The van der Waals surface area contributed by atoms with Gasteiger partial charge >= 0.3 is 11.9 Å². The quantitative estimate of drug-likeness (QED) is 0.684. The van der Waals surface area contributed by atoms with Gasteiger partial charge in [0.1, 0.15) is 5.60 Å². The summed E-state index contributed by atoms with van der Waals surface area (Å²) < 4.78 is 10.4. The number of nitrogens with two attached hydrogens (primary N) is 1. The lowest BCUT2D eigenvalue weighted by Gasteiger charge is -2.20. The zero-order valence-corrected chi connectivity index (χ0v) is 13.4. The molecular formula is C16H23NO4. The number of rotatable bonds is 3. The Morgan fingerprint density at radius 3 is 2.14 bits per heavy atom. The van der Waals surface area contributed by atoms with Gasteiger partial charge in [-0.15, -0.1) is 0 Å².